The maximum Gasteiger partial charge on any atom is 0.209 e. The Kier molecular flexibility index (Phi) is 6.66. The summed E-state index contributed by atoms with van der Waals surface area (Å²) < 4.78 is 2.95. The van der Waals surface area contributed by atoms with Crippen LogP contribution in [0.25, 0.3) is 0 Å². The van der Waals surface area contributed by atoms with Gasteiger partial charge in [-0.05, 0) is 40.6 Å². The third kappa shape index (κ3) is 5.76. The van der Waals surface area contributed by atoms with Crippen molar-refractivity contribution in [2.24, 2.45) is 5.92 Å². The number of halogens is 1. The quantitative estimate of drug-likeness (QED) is 0.572. The molecule has 0 aliphatic heterocycles. The standard InChI is InChI=1S/C14H20BrN5S/c1-11(2)9-16-6-7-20-14(17-18-19-20)21-10-12-4-3-5-13(15)8-12/h3-5,8,11,16H,6-7,9-10H2,1-2H3. The zero-order valence-electron chi connectivity index (χ0n) is 12.3. The second-order valence-electron chi connectivity index (χ2n) is 5.20. The molecule has 0 spiro atoms. The first-order valence-electron chi connectivity index (χ1n) is 6.99. The van der Waals surface area contributed by atoms with E-state index >= 15 is 0 Å². The van der Waals surface area contributed by atoms with E-state index in [0.29, 0.717) is 5.92 Å². The molecule has 0 radical (unpaired) electrons. The molecule has 1 aromatic heterocycles. The molecule has 0 saturated heterocycles. The van der Waals surface area contributed by atoms with Crippen LogP contribution in [0, 0.1) is 5.92 Å². The maximum atomic E-state index is 4.09. The Morgan fingerprint density at radius 2 is 2.24 bits per heavy atom. The van der Waals surface area contributed by atoms with Gasteiger partial charge in [0.25, 0.3) is 0 Å². The normalized spacial score (nSPS) is 11.2. The predicted molar refractivity (Wildman–Crippen MR) is 89.2 cm³/mol. The van der Waals surface area contributed by atoms with Crippen molar-refractivity contribution < 1.29 is 0 Å². The maximum absolute atomic E-state index is 4.09. The molecule has 1 aromatic carbocycles. The topological polar surface area (TPSA) is 55.6 Å². The smallest absolute Gasteiger partial charge is 0.209 e. The SMILES string of the molecule is CC(C)CNCCn1nnnc1SCc1cccc(Br)c1. The highest BCUT2D eigenvalue weighted by molar-refractivity contribution is 9.10. The summed E-state index contributed by atoms with van der Waals surface area (Å²) in [6, 6.07) is 8.29. The second kappa shape index (κ2) is 8.51. The van der Waals surface area contributed by atoms with Crippen molar-refractivity contribution in [3.8, 4) is 0 Å². The van der Waals surface area contributed by atoms with Gasteiger partial charge in [0.15, 0.2) is 0 Å². The first kappa shape index (κ1) is 16.5. The van der Waals surface area contributed by atoms with Crippen molar-refractivity contribution in [1.29, 1.82) is 0 Å². The van der Waals surface area contributed by atoms with Crippen molar-refractivity contribution >= 4 is 27.7 Å². The van der Waals surface area contributed by atoms with E-state index < -0.39 is 0 Å². The van der Waals surface area contributed by atoms with Crippen LogP contribution in [0.15, 0.2) is 33.9 Å². The Hall–Kier alpha value is -0.920. The summed E-state index contributed by atoms with van der Waals surface area (Å²) in [4.78, 5) is 0. The Bertz CT molecular complexity index is 558. The number of tetrazole rings is 1. The van der Waals surface area contributed by atoms with Gasteiger partial charge in [-0.1, -0.05) is 53.7 Å². The monoisotopic (exact) mass is 369 g/mol. The van der Waals surface area contributed by atoms with Crippen LogP contribution in [-0.2, 0) is 12.3 Å². The molecule has 0 unspecified atom stereocenters. The molecule has 5 nitrogen and oxygen atoms in total. The molecule has 2 rings (SSSR count). The highest BCUT2D eigenvalue weighted by atomic mass is 79.9. The minimum absolute atomic E-state index is 0.657. The molecule has 0 fully saturated rings. The van der Waals surface area contributed by atoms with Crippen LogP contribution >= 0.6 is 27.7 Å². The summed E-state index contributed by atoms with van der Waals surface area (Å²) >= 11 is 5.14. The molecule has 0 amide bonds. The van der Waals surface area contributed by atoms with Crippen LogP contribution in [0.1, 0.15) is 19.4 Å². The molecule has 21 heavy (non-hydrogen) atoms. The van der Waals surface area contributed by atoms with Crippen molar-refractivity contribution in [1.82, 2.24) is 25.5 Å². The van der Waals surface area contributed by atoms with Gasteiger partial charge in [-0.25, -0.2) is 4.68 Å². The van der Waals surface area contributed by atoms with E-state index in [-0.39, 0.29) is 0 Å². The summed E-state index contributed by atoms with van der Waals surface area (Å²) in [6.45, 7) is 7.09. The second-order valence-corrected chi connectivity index (χ2v) is 7.06. The summed E-state index contributed by atoms with van der Waals surface area (Å²) in [6.07, 6.45) is 0. The number of thioether (sulfide) groups is 1. The number of benzene rings is 1. The lowest BCUT2D eigenvalue weighted by Gasteiger charge is -2.08. The number of rotatable bonds is 8. The van der Waals surface area contributed by atoms with Gasteiger partial charge in [0, 0.05) is 16.8 Å². The number of nitrogens with zero attached hydrogens (tertiary/aromatic N) is 4. The number of hydrogen-bond acceptors (Lipinski definition) is 5. The Morgan fingerprint density at radius 3 is 3.00 bits per heavy atom. The van der Waals surface area contributed by atoms with Crippen LogP contribution < -0.4 is 5.32 Å². The Morgan fingerprint density at radius 1 is 1.38 bits per heavy atom. The average molecular weight is 370 g/mol. The number of nitrogens with one attached hydrogen (secondary N) is 1. The summed E-state index contributed by atoms with van der Waals surface area (Å²) in [5, 5.41) is 16.2. The lowest BCUT2D eigenvalue weighted by Crippen LogP contribution is -2.24. The van der Waals surface area contributed by atoms with Crippen LogP contribution in [-0.4, -0.2) is 33.3 Å². The van der Waals surface area contributed by atoms with Crippen molar-refractivity contribution in [2.45, 2.75) is 31.3 Å². The van der Waals surface area contributed by atoms with Crippen molar-refractivity contribution in [2.75, 3.05) is 13.1 Å². The van der Waals surface area contributed by atoms with E-state index in [0.717, 1.165) is 35.0 Å². The summed E-state index contributed by atoms with van der Waals surface area (Å²) in [5.74, 6) is 1.52. The third-order valence-corrected chi connectivity index (χ3v) is 4.33. The highest BCUT2D eigenvalue weighted by Crippen LogP contribution is 2.21. The molecule has 0 atom stereocenters. The summed E-state index contributed by atoms with van der Waals surface area (Å²) in [7, 11) is 0. The lowest BCUT2D eigenvalue weighted by molar-refractivity contribution is 0.482. The van der Waals surface area contributed by atoms with Gasteiger partial charge in [-0.2, -0.15) is 0 Å². The van der Waals surface area contributed by atoms with E-state index in [1.54, 1.807) is 11.8 Å². The molecular weight excluding hydrogens is 350 g/mol. The molecule has 7 heteroatoms. The zero-order valence-corrected chi connectivity index (χ0v) is 14.7. The van der Waals surface area contributed by atoms with Gasteiger partial charge in [0.1, 0.15) is 0 Å². The fourth-order valence-corrected chi connectivity index (χ4v) is 3.08. The van der Waals surface area contributed by atoms with Crippen LogP contribution in [0.2, 0.25) is 0 Å². The number of aromatic nitrogens is 4. The molecule has 1 N–H and O–H groups in total. The van der Waals surface area contributed by atoms with Gasteiger partial charge in [0.2, 0.25) is 5.16 Å². The fraction of sp³-hybridized carbons (Fsp3) is 0.500. The van der Waals surface area contributed by atoms with Gasteiger partial charge in [0.05, 0.1) is 6.54 Å². The molecule has 0 aliphatic rings. The zero-order chi connectivity index (χ0) is 15.1. The Labute approximate surface area is 138 Å². The molecule has 0 saturated carbocycles. The largest absolute Gasteiger partial charge is 0.315 e. The van der Waals surface area contributed by atoms with Crippen LogP contribution in [0.4, 0.5) is 0 Å². The predicted octanol–water partition coefficient (Wildman–Crippen LogP) is 2.97. The molecule has 0 aliphatic carbocycles. The number of hydrogen-bond donors (Lipinski definition) is 1. The van der Waals surface area contributed by atoms with E-state index in [1.807, 2.05) is 16.8 Å². The average Bonchev–Trinajstić information content (AvgIpc) is 2.89. The Balaban J connectivity index is 1.82. The van der Waals surface area contributed by atoms with E-state index in [4.69, 9.17) is 0 Å². The first-order chi connectivity index (χ1) is 10.1. The van der Waals surface area contributed by atoms with E-state index in [1.165, 1.54) is 5.56 Å². The van der Waals surface area contributed by atoms with Gasteiger partial charge in [-0.15, -0.1) is 5.10 Å². The van der Waals surface area contributed by atoms with E-state index in [2.05, 4.69) is 62.8 Å². The molecular formula is C14H20BrN5S. The molecule has 1 heterocycles. The fourth-order valence-electron chi connectivity index (χ4n) is 1.79. The minimum atomic E-state index is 0.657. The third-order valence-electron chi connectivity index (χ3n) is 2.81. The minimum Gasteiger partial charge on any atom is -0.315 e. The van der Waals surface area contributed by atoms with Gasteiger partial charge in [-0.3, -0.25) is 0 Å². The van der Waals surface area contributed by atoms with Crippen LogP contribution in [0.5, 0.6) is 0 Å². The van der Waals surface area contributed by atoms with Crippen LogP contribution in [0.3, 0.4) is 0 Å². The molecule has 2 aromatic rings. The summed E-state index contributed by atoms with van der Waals surface area (Å²) in [5.41, 5.74) is 1.25. The van der Waals surface area contributed by atoms with Gasteiger partial charge >= 0.3 is 0 Å². The highest BCUT2D eigenvalue weighted by Gasteiger charge is 2.07. The molecule has 0 bridgehead atoms. The van der Waals surface area contributed by atoms with E-state index in [9.17, 15) is 0 Å². The van der Waals surface area contributed by atoms with Crippen molar-refractivity contribution in [3.63, 3.8) is 0 Å². The lowest BCUT2D eigenvalue weighted by atomic mass is 10.2. The molecule has 114 valence electrons. The first-order valence-corrected chi connectivity index (χ1v) is 8.77. The van der Waals surface area contributed by atoms with Gasteiger partial charge < -0.3 is 5.32 Å². The van der Waals surface area contributed by atoms with Crippen molar-refractivity contribution in [3.05, 3.63) is 34.3 Å².